The first-order valence-corrected chi connectivity index (χ1v) is 6.07. The Kier molecular flexibility index (Phi) is 3.99. The Morgan fingerprint density at radius 3 is 2.89 bits per heavy atom. The largest absolute Gasteiger partial charge is 0.393 e. The number of aliphatic hydroxyl groups is 2. The molecule has 0 bridgehead atoms. The minimum Gasteiger partial charge on any atom is -0.393 e. The molecule has 4 N–H and O–H groups in total. The van der Waals surface area contributed by atoms with Gasteiger partial charge in [0.1, 0.15) is 18.0 Å². The molecule has 104 valence electrons. The Morgan fingerprint density at radius 2 is 2.37 bits per heavy atom. The highest BCUT2D eigenvalue weighted by molar-refractivity contribution is 9.10. The lowest BCUT2D eigenvalue weighted by atomic mass is 10.1. The van der Waals surface area contributed by atoms with Gasteiger partial charge < -0.3 is 20.7 Å². The minimum atomic E-state index is -1.39. The van der Waals surface area contributed by atoms with Crippen molar-refractivity contribution < 1.29 is 19.3 Å². The van der Waals surface area contributed by atoms with Crippen LogP contribution < -0.4 is 11.4 Å². The second kappa shape index (κ2) is 5.37. The summed E-state index contributed by atoms with van der Waals surface area (Å²) in [5, 5.41) is 19.0. The van der Waals surface area contributed by atoms with Crippen molar-refractivity contribution in [2.75, 3.05) is 12.3 Å². The fraction of sp³-hybridized carbons (Fsp3) is 0.400. The molecule has 0 aliphatic carbocycles. The average molecular weight is 336 g/mol. The van der Waals surface area contributed by atoms with Crippen LogP contribution in [0.25, 0.3) is 0 Å². The third-order valence-corrected chi connectivity index (χ3v) is 3.40. The molecule has 0 aromatic carbocycles. The van der Waals surface area contributed by atoms with Crippen molar-refractivity contribution in [2.24, 2.45) is 0 Å². The molecule has 1 saturated heterocycles. The van der Waals surface area contributed by atoms with Crippen LogP contribution in [0.2, 0.25) is 0 Å². The van der Waals surface area contributed by atoms with Crippen LogP contribution in [0.15, 0.2) is 27.4 Å². The number of hydrogen-bond donors (Lipinski definition) is 3. The van der Waals surface area contributed by atoms with E-state index in [1.54, 1.807) is 0 Å². The summed E-state index contributed by atoms with van der Waals surface area (Å²) < 4.78 is 19.2. The maximum absolute atomic E-state index is 12.7. The fourth-order valence-electron chi connectivity index (χ4n) is 1.82. The van der Waals surface area contributed by atoms with Gasteiger partial charge in [-0.3, -0.25) is 4.57 Å². The molecule has 0 amide bonds. The van der Waals surface area contributed by atoms with Crippen molar-refractivity contribution in [1.29, 1.82) is 0 Å². The molecule has 2 heterocycles. The van der Waals surface area contributed by atoms with Crippen molar-refractivity contribution in [1.82, 2.24) is 9.55 Å². The maximum atomic E-state index is 12.7. The predicted octanol–water partition coefficient (Wildman–Crippen LogP) is -0.308. The van der Waals surface area contributed by atoms with E-state index in [0.717, 1.165) is 4.57 Å². The zero-order valence-electron chi connectivity index (χ0n) is 9.53. The van der Waals surface area contributed by atoms with Gasteiger partial charge in [-0.15, -0.1) is 0 Å². The quantitative estimate of drug-likeness (QED) is 0.683. The van der Waals surface area contributed by atoms with E-state index in [1.165, 1.54) is 6.20 Å². The van der Waals surface area contributed by atoms with Crippen LogP contribution in [-0.4, -0.2) is 38.6 Å². The fourth-order valence-corrected chi connectivity index (χ4v) is 2.13. The van der Waals surface area contributed by atoms with Crippen molar-refractivity contribution >= 4 is 21.7 Å². The first kappa shape index (κ1) is 14.1. The van der Waals surface area contributed by atoms with Crippen molar-refractivity contribution in [3.63, 3.8) is 0 Å². The molecule has 3 atom stereocenters. The Labute approximate surface area is 115 Å². The highest BCUT2D eigenvalue weighted by Gasteiger charge is 2.40. The molecule has 1 aliphatic rings. The van der Waals surface area contributed by atoms with E-state index in [4.69, 9.17) is 15.6 Å². The standard InChI is InChI=1S/C10H11BrFN3O4/c11-5-2-15(10(18)14-8(5)13)9-7(17)4(1-12)6(3-16)19-9/h1-2,6-7,9,16-17H,3H2,(H2,13,14,18). The Hall–Kier alpha value is -1.29. The molecule has 0 radical (unpaired) electrons. The summed E-state index contributed by atoms with van der Waals surface area (Å²) >= 11 is 3.09. The molecule has 1 aliphatic heterocycles. The minimum absolute atomic E-state index is 0.00583. The van der Waals surface area contributed by atoms with E-state index < -0.39 is 30.7 Å². The van der Waals surface area contributed by atoms with Crippen molar-refractivity contribution in [2.45, 2.75) is 18.4 Å². The van der Waals surface area contributed by atoms with Gasteiger partial charge in [-0.25, -0.2) is 9.18 Å². The van der Waals surface area contributed by atoms with Gasteiger partial charge in [0, 0.05) is 11.8 Å². The van der Waals surface area contributed by atoms with Gasteiger partial charge in [-0.2, -0.15) is 4.98 Å². The number of nitrogens with two attached hydrogens (primary N) is 1. The first-order chi connectivity index (χ1) is 8.99. The lowest BCUT2D eigenvalue weighted by molar-refractivity contribution is -0.0527. The number of nitrogens with zero attached hydrogens (tertiary/aromatic N) is 2. The lowest BCUT2D eigenvalue weighted by Crippen LogP contribution is -2.32. The Balaban J connectivity index is 2.44. The summed E-state index contributed by atoms with van der Waals surface area (Å²) in [5.74, 6) is -0.00583. The third-order valence-electron chi connectivity index (χ3n) is 2.79. The second-order valence-corrected chi connectivity index (χ2v) is 4.77. The molecule has 1 fully saturated rings. The smallest absolute Gasteiger partial charge is 0.351 e. The number of aromatic nitrogens is 2. The maximum Gasteiger partial charge on any atom is 0.351 e. The molecular formula is C10H11BrFN3O4. The highest BCUT2D eigenvalue weighted by Crippen LogP contribution is 2.33. The van der Waals surface area contributed by atoms with Crippen LogP contribution in [0.3, 0.4) is 0 Å². The molecular weight excluding hydrogens is 325 g/mol. The monoisotopic (exact) mass is 335 g/mol. The number of nitrogen functional groups attached to an aromatic ring is 1. The van der Waals surface area contributed by atoms with Crippen LogP contribution in [0.4, 0.5) is 10.2 Å². The van der Waals surface area contributed by atoms with E-state index in [1.807, 2.05) is 0 Å². The molecule has 1 aromatic heterocycles. The van der Waals surface area contributed by atoms with E-state index in [-0.39, 0.29) is 17.7 Å². The van der Waals surface area contributed by atoms with Crippen LogP contribution in [0.5, 0.6) is 0 Å². The predicted molar refractivity (Wildman–Crippen MR) is 66.8 cm³/mol. The van der Waals surface area contributed by atoms with Gasteiger partial charge >= 0.3 is 5.69 Å². The van der Waals surface area contributed by atoms with Crippen molar-refractivity contribution in [3.05, 3.63) is 33.1 Å². The summed E-state index contributed by atoms with van der Waals surface area (Å²) in [6.45, 7) is -0.512. The normalized spacial score (nSPS) is 29.1. The van der Waals surface area contributed by atoms with Gasteiger partial charge in [0.2, 0.25) is 0 Å². The Bertz CT molecular complexity index is 576. The summed E-state index contributed by atoms with van der Waals surface area (Å²) in [7, 11) is 0. The second-order valence-electron chi connectivity index (χ2n) is 3.92. The highest BCUT2D eigenvalue weighted by atomic mass is 79.9. The molecule has 3 unspecified atom stereocenters. The van der Waals surface area contributed by atoms with Gasteiger partial charge in [0.25, 0.3) is 0 Å². The zero-order valence-corrected chi connectivity index (χ0v) is 11.1. The topological polar surface area (TPSA) is 111 Å². The number of halogens is 2. The van der Waals surface area contributed by atoms with Gasteiger partial charge in [0.15, 0.2) is 6.23 Å². The number of ether oxygens (including phenoxy) is 1. The molecule has 9 heteroatoms. The van der Waals surface area contributed by atoms with Crippen molar-refractivity contribution in [3.8, 4) is 0 Å². The summed E-state index contributed by atoms with van der Waals surface area (Å²) in [4.78, 5) is 15.2. The lowest BCUT2D eigenvalue weighted by Gasteiger charge is -2.17. The third kappa shape index (κ3) is 2.41. The summed E-state index contributed by atoms with van der Waals surface area (Å²) in [6, 6.07) is 0. The number of rotatable bonds is 2. The SMILES string of the molecule is Nc1nc(=O)n(C2OC(CO)C(=CF)C2O)cc1Br. The van der Waals surface area contributed by atoms with Gasteiger partial charge in [0.05, 0.1) is 17.4 Å². The molecule has 19 heavy (non-hydrogen) atoms. The van der Waals surface area contributed by atoms with E-state index in [2.05, 4.69) is 20.9 Å². The van der Waals surface area contributed by atoms with E-state index in [0.29, 0.717) is 4.47 Å². The number of hydrogen-bond acceptors (Lipinski definition) is 6. The Morgan fingerprint density at radius 1 is 1.68 bits per heavy atom. The van der Waals surface area contributed by atoms with Gasteiger partial charge in [-0.05, 0) is 15.9 Å². The van der Waals surface area contributed by atoms with Crippen LogP contribution in [-0.2, 0) is 4.74 Å². The van der Waals surface area contributed by atoms with E-state index in [9.17, 15) is 14.3 Å². The van der Waals surface area contributed by atoms with E-state index >= 15 is 0 Å². The van der Waals surface area contributed by atoms with Crippen LogP contribution in [0.1, 0.15) is 6.23 Å². The summed E-state index contributed by atoms with van der Waals surface area (Å²) in [6.07, 6.45) is -2.12. The molecule has 7 nitrogen and oxygen atoms in total. The zero-order chi connectivity index (χ0) is 14.2. The number of anilines is 1. The molecule has 1 aromatic rings. The molecule has 2 rings (SSSR count). The molecule has 0 saturated carbocycles. The van der Waals surface area contributed by atoms with Crippen LogP contribution in [0, 0.1) is 0 Å². The van der Waals surface area contributed by atoms with Crippen LogP contribution >= 0.6 is 15.9 Å². The first-order valence-electron chi connectivity index (χ1n) is 5.28. The summed E-state index contributed by atoms with van der Waals surface area (Å²) in [5.41, 5.74) is 4.56. The average Bonchev–Trinajstić information content (AvgIpc) is 2.70. The number of aliphatic hydroxyl groups excluding tert-OH is 2. The van der Waals surface area contributed by atoms with Gasteiger partial charge in [-0.1, -0.05) is 0 Å². The molecule has 0 spiro atoms.